The Balaban J connectivity index is 1.20. The first-order chi connectivity index (χ1) is 13.2. The first-order valence-corrected chi connectivity index (χ1v) is 10.9. The maximum absolute atomic E-state index is 12.4. The molecule has 4 saturated heterocycles. The van der Waals surface area contributed by atoms with Crippen LogP contribution in [0, 0.1) is 5.92 Å². The van der Waals surface area contributed by atoms with Crippen molar-refractivity contribution in [3.05, 3.63) is 0 Å². The van der Waals surface area contributed by atoms with E-state index >= 15 is 0 Å². The molecule has 0 aliphatic carbocycles. The summed E-state index contributed by atoms with van der Waals surface area (Å²) in [6.07, 6.45) is 3.03. The average molecular weight is 381 g/mol. The van der Waals surface area contributed by atoms with E-state index in [9.17, 15) is 4.79 Å². The lowest BCUT2D eigenvalue weighted by Gasteiger charge is -2.38. The van der Waals surface area contributed by atoms with Crippen LogP contribution in [0.25, 0.3) is 0 Å². The number of carbonyl (C=O) groups excluding carboxylic acids is 1. The molecule has 4 rings (SSSR count). The SMILES string of the molecule is CCN1CCN(CCN2CC3(CCN(CC4CCOC4)CC3)OC2=O)CC1. The quantitative estimate of drug-likeness (QED) is 0.684. The summed E-state index contributed by atoms with van der Waals surface area (Å²) in [6, 6.07) is 0. The molecule has 154 valence electrons. The van der Waals surface area contributed by atoms with Crippen molar-refractivity contribution in [2.24, 2.45) is 5.92 Å². The highest BCUT2D eigenvalue weighted by molar-refractivity contribution is 5.70. The summed E-state index contributed by atoms with van der Waals surface area (Å²) in [4.78, 5) is 21.9. The minimum atomic E-state index is -0.235. The van der Waals surface area contributed by atoms with Gasteiger partial charge in [0.05, 0.1) is 13.2 Å². The van der Waals surface area contributed by atoms with E-state index < -0.39 is 0 Å². The lowest BCUT2D eigenvalue weighted by Crippen LogP contribution is -2.49. The molecular weight excluding hydrogens is 344 g/mol. The second kappa shape index (κ2) is 8.64. The zero-order valence-corrected chi connectivity index (χ0v) is 16.9. The van der Waals surface area contributed by atoms with Crippen LogP contribution in [0.1, 0.15) is 26.2 Å². The number of nitrogens with zero attached hydrogens (tertiary/aromatic N) is 4. The fourth-order valence-electron chi connectivity index (χ4n) is 4.95. The van der Waals surface area contributed by atoms with Crippen LogP contribution in [-0.2, 0) is 9.47 Å². The lowest BCUT2D eigenvalue weighted by atomic mass is 9.90. The molecule has 0 aromatic carbocycles. The number of hydrogen-bond acceptors (Lipinski definition) is 6. The Hall–Kier alpha value is -0.890. The Labute approximate surface area is 163 Å². The van der Waals surface area contributed by atoms with Crippen LogP contribution in [0.5, 0.6) is 0 Å². The minimum Gasteiger partial charge on any atom is -0.441 e. The molecule has 0 radical (unpaired) electrons. The smallest absolute Gasteiger partial charge is 0.410 e. The zero-order chi connectivity index (χ0) is 18.7. The highest BCUT2D eigenvalue weighted by atomic mass is 16.6. The maximum atomic E-state index is 12.4. The fourth-order valence-corrected chi connectivity index (χ4v) is 4.95. The molecule has 7 nitrogen and oxygen atoms in total. The molecule has 1 atom stereocenters. The number of rotatable bonds is 6. The van der Waals surface area contributed by atoms with Gasteiger partial charge in [-0.25, -0.2) is 4.79 Å². The van der Waals surface area contributed by atoms with Gasteiger partial charge < -0.3 is 24.2 Å². The van der Waals surface area contributed by atoms with Crippen molar-refractivity contribution in [3.8, 4) is 0 Å². The van der Waals surface area contributed by atoms with Gasteiger partial charge >= 0.3 is 6.09 Å². The third kappa shape index (κ3) is 4.75. The standard InChI is InChI=1S/C20H36N4O3/c1-2-21-8-10-22(11-9-21)12-13-24-17-20(27-19(24)25)4-6-23(7-5-20)15-18-3-14-26-16-18/h18H,2-17H2,1H3. The molecular formula is C20H36N4O3. The molecule has 0 aromatic heterocycles. The van der Waals surface area contributed by atoms with Crippen molar-refractivity contribution in [1.82, 2.24) is 19.6 Å². The van der Waals surface area contributed by atoms with E-state index in [4.69, 9.17) is 9.47 Å². The van der Waals surface area contributed by atoms with E-state index in [-0.39, 0.29) is 11.7 Å². The highest BCUT2D eigenvalue weighted by Crippen LogP contribution is 2.33. The van der Waals surface area contributed by atoms with Gasteiger partial charge in [-0.05, 0) is 18.9 Å². The van der Waals surface area contributed by atoms with Gasteiger partial charge in [0.2, 0.25) is 0 Å². The van der Waals surface area contributed by atoms with Gasteiger partial charge in [0.25, 0.3) is 0 Å². The first-order valence-electron chi connectivity index (χ1n) is 10.9. The molecule has 1 amide bonds. The van der Waals surface area contributed by atoms with Crippen LogP contribution in [0.4, 0.5) is 4.79 Å². The third-order valence-corrected chi connectivity index (χ3v) is 6.95. The van der Waals surface area contributed by atoms with E-state index in [1.165, 1.54) is 6.42 Å². The van der Waals surface area contributed by atoms with Gasteiger partial charge in [0, 0.05) is 78.4 Å². The molecule has 7 heteroatoms. The molecule has 1 spiro atoms. The summed E-state index contributed by atoms with van der Waals surface area (Å²) >= 11 is 0. The minimum absolute atomic E-state index is 0.0974. The average Bonchev–Trinajstić information content (AvgIpc) is 3.30. The Morgan fingerprint density at radius 3 is 2.41 bits per heavy atom. The van der Waals surface area contributed by atoms with Crippen molar-refractivity contribution in [3.63, 3.8) is 0 Å². The normalized spacial score (nSPS) is 30.3. The van der Waals surface area contributed by atoms with Gasteiger partial charge in [-0.3, -0.25) is 4.90 Å². The number of piperidine rings is 1. The summed E-state index contributed by atoms with van der Waals surface area (Å²) in [6.45, 7) is 15.5. The van der Waals surface area contributed by atoms with Crippen LogP contribution in [0.3, 0.4) is 0 Å². The number of likely N-dealkylation sites (tertiary alicyclic amines) is 1. The molecule has 0 N–H and O–H groups in total. The first kappa shape index (κ1) is 19.4. The Morgan fingerprint density at radius 1 is 1.00 bits per heavy atom. The molecule has 0 bridgehead atoms. The number of ether oxygens (including phenoxy) is 2. The van der Waals surface area contributed by atoms with E-state index in [1.807, 2.05) is 4.90 Å². The number of piperazine rings is 1. The molecule has 4 fully saturated rings. The molecule has 0 aromatic rings. The van der Waals surface area contributed by atoms with Crippen LogP contribution >= 0.6 is 0 Å². The summed E-state index contributed by atoms with van der Waals surface area (Å²) < 4.78 is 11.4. The predicted molar refractivity (Wildman–Crippen MR) is 104 cm³/mol. The fraction of sp³-hybridized carbons (Fsp3) is 0.950. The predicted octanol–water partition coefficient (Wildman–Crippen LogP) is 0.947. The number of likely N-dealkylation sites (N-methyl/N-ethyl adjacent to an activating group) is 1. The van der Waals surface area contributed by atoms with Gasteiger partial charge in [-0.15, -0.1) is 0 Å². The number of carbonyl (C=O) groups is 1. The van der Waals surface area contributed by atoms with Gasteiger partial charge in [-0.1, -0.05) is 6.92 Å². The topological polar surface area (TPSA) is 48.5 Å². The van der Waals surface area contributed by atoms with Crippen molar-refractivity contribution >= 4 is 6.09 Å². The zero-order valence-electron chi connectivity index (χ0n) is 16.9. The maximum Gasteiger partial charge on any atom is 0.410 e. The van der Waals surface area contributed by atoms with Gasteiger partial charge in [0.1, 0.15) is 5.60 Å². The van der Waals surface area contributed by atoms with E-state index in [0.717, 1.165) is 98.0 Å². The molecule has 4 aliphatic heterocycles. The van der Waals surface area contributed by atoms with Crippen LogP contribution in [0.15, 0.2) is 0 Å². The lowest BCUT2D eigenvalue weighted by molar-refractivity contribution is -0.00294. The highest BCUT2D eigenvalue weighted by Gasteiger charge is 2.47. The summed E-state index contributed by atoms with van der Waals surface area (Å²) in [5.41, 5.74) is -0.235. The number of hydrogen-bond donors (Lipinski definition) is 0. The molecule has 27 heavy (non-hydrogen) atoms. The monoisotopic (exact) mass is 380 g/mol. The van der Waals surface area contributed by atoms with Gasteiger partial charge in [-0.2, -0.15) is 0 Å². The van der Waals surface area contributed by atoms with Gasteiger partial charge in [0.15, 0.2) is 0 Å². The second-order valence-electron chi connectivity index (χ2n) is 8.78. The Bertz CT molecular complexity index is 495. The van der Waals surface area contributed by atoms with Crippen molar-refractivity contribution in [2.45, 2.75) is 31.8 Å². The van der Waals surface area contributed by atoms with Crippen molar-refractivity contribution < 1.29 is 14.3 Å². The summed E-state index contributed by atoms with van der Waals surface area (Å²) in [7, 11) is 0. The van der Waals surface area contributed by atoms with Crippen molar-refractivity contribution in [2.75, 3.05) is 85.2 Å². The molecule has 4 aliphatic rings. The summed E-state index contributed by atoms with van der Waals surface area (Å²) in [5.74, 6) is 0.690. The molecule has 1 unspecified atom stereocenters. The second-order valence-corrected chi connectivity index (χ2v) is 8.78. The largest absolute Gasteiger partial charge is 0.441 e. The van der Waals surface area contributed by atoms with E-state index in [2.05, 4.69) is 21.6 Å². The Morgan fingerprint density at radius 2 is 1.74 bits per heavy atom. The van der Waals surface area contributed by atoms with Crippen LogP contribution < -0.4 is 0 Å². The van der Waals surface area contributed by atoms with Crippen molar-refractivity contribution in [1.29, 1.82) is 0 Å². The number of amides is 1. The van der Waals surface area contributed by atoms with E-state index in [0.29, 0.717) is 5.92 Å². The van der Waals surface area contributed by atoms with Crippen LogP contribution in [0.2, 0.25) is 0 Å². The Kier molecular flexibility index (Phi) is 6.21. The molecule has 4 heterocycles. The summed E-state index contributed by atoms with van der Waals surface area (Å²) in [5, 5.41) is 0. The van der Waals surface area contributed by atoms with E-state index in [1.54, 1.807) is 0 Å². The molecule has 0 saturated carbocycles. The van der Waals surface area contributed by atoms with Crippen LogP contribution in [-0.4, -0.2) is 117 Å². The third-order valence-electron chi connectivity index (χ3n) is 6.95.